The third-order valence-electron chi connectivity index (χ3n) is 3.27. The van der Waals surface area contributed by atoms with Gasteiger partial charge in [0.2, 0.25) is 10.0 Å². The average Bonchev–Trinajstić information content (AvgIpc) is 2.98. The number of nitrogens with one attached hydrogen (secondary N) is 1. The number of nitrogens with two attached hydrogens (primary N) is 1. The minimum Gasteiger partial charge on any atom is -0.381 e. The van der Waals surface area contributed by atoms with Crippen LogP contribution in [0, 0.1) is 6.92 Å². The van der Waals surface area contributed by atoms with E-state index in [9.17, 15) is 8.42 Å². The molecule has 3 N–H and O–H groups in total. The van der Waals surface area contributed by atoms with Crippen molar-refractivity contribution in [3.63, 3.8) is 0 Å². The van der Waals surface area contributed by atoms with Crippen LogP contribution in [0.15, 0.2) is 23.6 Å². The Balaban J connectivity index is 1.87. The maximum Gasteiger partial charge on any atom is 0.246 e. The van der Waals surface area contributed by atoms with E-state index in [4.69, 9.17) is 5.73 Å². The maximum atomic E-state index is 12.2. The van der Waals surface area contributed by atoms with Gasteiger partial charge in [-0.15, -0.1) is 0 Å². The predicted molar refractivity (Wildman–Crippen MR) is 79.0 cm³/mol. The molecule has 0 aliphatic carbocycles. The molecule has 0 amide bonds. The van der Waals surface area contributed by atoms with Gasteiger partial charge in [0.1, 0.15) is 4.90 Å². The van der Waals surface area contributed by atoms with Crippen LogP contribution in [0.25, 0.3) is 0 Å². The molecule has 9 heteroatoms. The van der Waals surface area contributed by atoms with Crippen LogP contribution in [0.1, 0.15) is 18.5 Å². The van der Waals surface area contributed by atoms with Gasteiger partial charge in [0, 0.05) is 32.5 Å². The topological polar surface area (TPSA) is 108 Å². The van der Waals surface area contributed by atoms with Gasteiger partial charge < -0.3 is 10.3 Å². The summed E-state index contributed by atoms with van der Waals surface area (Å²) in [5, 5.41) is 3.92. The van der Waals surface area contributed by atoms with Crippen molar-refractivity contribution in [1.82, 2.24) is 24.1 Å². The Morgan fingerprint density at radius 1 is 1.38 bits per heavy atom. The molecule has 0 unspecified atom stereocenters. The van der Waals surface area contributed by atoms with Crippen LogP contribution >= 0.6 is 0 Å². The molecule has 0 spiro atoms. The SMILES string of the molecule is Cc1c(S(=O)(=O)NCCCCn2ccnc2)c(N)nn1C. The molecule has 0 radical (unpaired) electrons. The van der Waals surface area contributed by atoms with Crippen molar-refractivity contribution in [3.05, 3.63) is 24.4 Å². The van der Waals surface area contributed by atoms with Gasteiger partial charge in [-0.05, 0) is 19.8 Å². The highest BCUT2D eigenvalue weighted by Gasteiger charge is 2.23. The molecule has 0 aliphatic heterocycles. The van der Waals surface area contributed by atoms with Gasteiger partial charge in [0.25, 0.3) is 0 Å². The molecule has 0 aliphatic rings. The molecule has 2 heterocycles. The van der Waals surface area contributed by atoms with E-state index < -0.39 is 10.0 Å². The van der Waals surface area contributed by atoms with E-state index in [2.05, 4.69) is 14.8 Å². The lowest BCUT2D eigenvalue weighted by molar-refractivity contribution is 0.565. The Morgan fingerprint density at radius 3 is 2.71 bits per heavy atom. The van der Waals surface area contributed by atoms with Crippen molar-refractivity contribution in [1.29, 1.82) is 0 Å². The molecule has 2 aromatic heterocycles. The lowest BCUT2D eigenvalue weighted by Gasteiger charge is -2.07. The van der Waals surface area contributed by atoms with E-state index in [1.807, 2.05) is 10.8 Å². The van der Waals surface area contributed by atoms with Crippen molar-refractivity contribution in [2.24, 2.45) is 7.05 Å². The fourth-order valence-corrected chi connectivity index (χ4v) is 3.46. The van der Waals surface area contributed by atoms with E-state index in [1.165, 1.54) is 4.68 Å². The Morgan fingerprint density at radius 2 is 2.14 bits per heavy atom. The lowest BCUT2D eigenvalue weighted by atomic mass is 10.3. The highest BCUT2D eigenvalue weighted by Crippen LogP contribution is 2.20. The van der Waals surface area contributed by atoms with Crippen molar-refractivity contribution in [2.75, 3.05) is 12.3 Å². The van der Waals surface area contributed by atoms with Crippen LogP contribution < -0.4 is 10.5 Å². The number of nitrogen functional groups attached to an aromatic ring is 1. The number of rotatable bonds is 7. The largest absolute Gasteiger partial charge is 0.381 e. The summed E-state index contributed by atoms with van der Waals surface area (Å²) in [6.45, 7) is 2.86. The van der Waals surface area contributed by atoms with Crippen LogP contribution in [0.2, 0.25) is 0 Å². The van der Waals surface area contributed by atoms with Gasteiger partial charge in [0.15, 0.2) is 5.82 Å². The molecule has 21 heavy (non-hydrogen) atoms. The summed E-state index contributed by atoms with van der Waals surface area (Å²) in [7, 11) is -1.95. The highest BCUT2D eigenvalue weighted by molar-refractivity contribution is 7.89. The Hall–Kier alpha value is -1.87. The van der Waals surface area contributed by atoms with Gasteiger partial charge in [-0.3, -0.25) is 4.68 Å². The van der Waals surface area contributed by atoms with Gasteiger partial charge >= 0.3 is 0 Å². The van der Waals surface area contributed by atoms with Crippen molar-refractivity contribution in [2.45, 2.75) is 31.2 Å². The van der Waals surface area contributed by atoms with Crippen LogP contribution in [0.4, 0.5) is 5.82 Å². The third kappa shape index (κ3) is 3.61. The number of unbranched alkanes of at least 4 members (excludes halogenated alkanes) is 1. The first kappa shape index (κ1) is 15.5. The van der Waals surface area contributed by atoms with E-state index in [-0.39, 0.29) is 10.7 Å². The van der Waals surface area contributed by atoms with Crippen molar-refractivity contribution in [3.8, 4) is 0 Å². The zero-order chi connectivity index (χ0) is 15.5. The smallest absolute Gasteiger partial charge is 0.246 e. The lowest BCUT2D eigenvalue weighted by Crippen LogP contribution is -2.26. The highest BCUT2D eigenvalue weighted by atomic mass is 32.2. The van der Waals surface area contributed by atoms with E-state index in [0.717, 1.165) is 19.4 Å². The molecule has 0 atom stereocenters. The zero-order valence-electron chi connectivity index (χ0n) is 12.2. The maximum absolute atomic E-state index is 12.2. The quantitative estimate of drug-likeness (QED) is 0.713. The first-order chi connectivity index (χ1) is 9.92. The predicted octanol–water partition coefficient (Wildman–Crippen LogP) is 0.266. The number of sulfonamides is 1. The molecule has 2 aromatic rings. The minimum atomic E-state index is -3.61. The second-order valence-corrected chi connectivity index (χ2v) is 6.53. The summed E-state index contributed by atoms with van der Waals surface area (Å²) in [4.78, 5) is 4.02. The monoisotopic (exact) mass is 312 g/mol. The fourth-order valence-electron chi connectivity index (χ4n) is 2.06. The van der Waals surface area contributed by atoms with Crippen molar-refractivity contribution < 1.29 is 8.42 Å². The number of nitrogens with zero attached hydrogens (tertiary/aromatic N) is 4. The Kier molecular flexibility index (Phi) is 4.63. The first-order valence-corrected chi connectivity index (χ1v) is 8.14. The standard InChI is InChI=1S/C12H20N6O2S/c1-10-11(12(13)16-17(10)2)21(19,20)15-5-3-4-7-18-8-6-14-9-18/h6,8-9,15H,3-5,7H2,1-2H3,(H2,13,16). The normalized spacial score (nSPS) is 11.9. The molecular formula is C12H20N6O2S. The summed E-state index contributed by atoms with van der Waals surface area (Å²) >= 11 is 0. The Labute approximate surface area is 124 Å². The zero-order valence-corrected chi connectivity index (χ0v) is 13.0. The minimum absolute atomic E-state index is 0.0286. The number of hydrogen-bond donors (Lipinski definition) is 2. The summed E-state index contributed by atoms with van der Waals surface area (Å²) in [5.41, 5.74) is 6.19. The third-order valence-corrected chi connectivity index (χ3v) is 4.89. The molecule has 116 valence electrons. The number of aryl methyl sites for hydroxylation is 2. The van der Waals surface area contributed by atoms with Gasteiger partial charge in [-0.25, -0.2) is 18.1 Å². The van der Waals surface area contributed by atoms with Gasteiger partial charge in [-0.2, -0.15) is 5.10 Å². The molecular weight excluding hydrogens is 292 g/mol. The van der Waals surface area contributed by atoms with E-state index in [1.54, 1.807) is 26.5 Å². The van der Waals surface area contributed by atoms with Crippen LogP contribution in [0.5, 0.6) is 0 Å². The molecule has 0 saturated heterocycles. The molecule has 8 nitrogen and oxygen atoms in total. The van der Waals surface area contributed by atoms with Crippen LogP contribution in [0.3, 0.4) is 0 Å². The van der Waals surface area contributed by atoms with E-state index >= 15 is 0 Å². The first-order valence-electron chi connectivity index (χ1n) is 6.66. The Bertz CT molecular complexity index is 690. The van der Waals surface area contributed by atoms with Gasteiger partial charge in [-0.1, -0.05) is 0 Å². The van der Waals surface area contributed by atoms with Crippen LogP contribution in [-0.2, 0) is 23.6 Å². The summed E-state index contributed by atoms with van der Waals surface area (Å²) < 4.78 is 30.4. The molecule has 0 fully saturated rings. The molecule has 2 rings (SSSR count). The summed E-state index contributed by atoms with van der Waals surface area (Å²) in [6, 6.07) is 0. The molecule has 0 saturated carbocycles. The number of imidazole rings is 1. The summed E-state index contributed by atoms with van der Waals surface area (Å²) in [6.07, 6.45) is 6.93. The number of hydrogen-bond acceptors (Lipinski definition) is 5. The summed E-state index contributed by atoms with van der Waals surface area (Å²) in [5.74, 6) is 0.0286. The second kappa shape index (κ2) is 6.27. The molecule has 0 bridgehead atoms. The molecule has 0 aromatic carbocycles. The fraction of sp³-hybridized carbons (Fsp3) is 0.500. The number of anilines is 1. The van der Waals surface area contributed by atoms with E-state index in [0.29, 0.717) is 12.2 Å². The van der Waals surface area contributed by atoms with Gasteiger partial charge in [0.05, 0.1) is 12.0 Å². The van der Waals surface area contributed by atoms with Crippen LogP contribution in [-0.4, -0.2) is 34.3 Å². The van der Waals surface area contributed by atoms with Crippen molar-refractivity contribution >= 4 is 15.8 Å². The average molecular weight is 312 g/mol. The second-order valence-electron chi connectivity index (χ2n) is 4.83. The number of aromatic nitrogens is 4.